The molecule has 1 rings (SSSR count). The van der Waals surface area contributed by atoms with Crippen molar-refractivity contribution in [1.82, 2.24) is 5.32 Å². The molecule has 0 unspecified atom stereocenters. The molecule has 0 aliphatic heterocycles. The largest absolute Gasteiger partial charge is 0.384 e. The summed E-state index contributed by atoms with van der Waals surface area (Å²) in [7, 11) is 0. The molecule has 0 saturated carbocycles. The summed E-state index contributed by atoms with van der Waals surface area (Å²) in [5.74, 6) is 4.22. The first kappa shape index (κ1) is 13.2. The van der Waals surface area contributed by atoms with Crippen LogP contribution in [-0.2, 0) is 0 Å². The van der Waals surface area contributed by atoms with Gasteiger partial charge in [-0.15, -0.1) is 0 Å². The minimum absolute atomic E-state index is 0.194. The van der Waals surface area contributed by atoms with Crippen molar-refractivity contribution in [2.45, 2.75) is 13.3 Å². The van der Waals surface area contributed by atoms with E-state index in [9.17, 15) is 9.18 Å². The number of aliphatic hydroxyl groups excluding tert-OH is 1. The number of rotatable bonds is 3. The topological polar surface area (TPSA) is 49.3 Å². The highest BCUT2D eigenvalue weighted by atomic mass is 19.1. The molecule has 3 nitrogen and oxygen atoms in total. The van der Waals surface area contributed by atoms with Crippen molar-refractivity contribution in [3.05, 3.63) is 35.1 Å². The average molecular weight is 235 g/mol. The zero-order valence-electron chi connectivity index (χ0n) is 9.59. The molecule has 0 heterocycles. The predicted molar refractivity (Wildman–Crippen MR) is 63.0 cm³/mol. The van der Waals surface area contributed by atoms with Crippen LogP contribution in [0.2, 0.25) is 0 Å². The number of nitrogens with one attached hydrogen (secondary N) is 1. The maximum Gasteiger partial charge on any atom is 0.252 e. The molecule has 0 atom stereocenters. The summed E-state index contributed by atoms with van der Waals surface area (Å²) in [5, 5.41) is 11.3. The Morgan fingerprint density at radius 3 is 2.94 bits per heavy atom. The zero-order valence-corrected chi connectivity index (χ0v) is 9.59. The smallest absolute Gasteiger partial charge is 0.252 e. The number of benzene rings is 1. The van der Waals surface area contributed by atoms with Gasteiger partial charge in [0.25, 0.3) is 5.91 Å². The average Bonchev–Trinajstić information content (AvgIpc) is 2.34. The maximum absolute atomic E-state index is 13.1. The second kappa shape index (κ2) is 6.66. The Balaban J connectivity index is 3.02. The molecule has 1 aromatic carbocycles. The van der Waals surface area contributed by atoms with Crippen LogP contribution < -0.4 is 5.32 Å². The third-order valence-electron chi connectivity index (χ3n) is 2.06. The van der Waals surface area contributed by atoms with E-state index in [2.05, 4.69) is 17.2 Å². The predicted octanol–water partition coefficient (Wildman–Crippen LogP) is 1.31. The van der Waals surface area contributed by atoms with Crippen molar-refractivity contribution in [2.75, 3.05) is 13.2 Å². The molecule has 0 aliphatic carbocycles. The van der Waals surface area contributed by atoms with Crippen LogP contribution in [-0.4, -0.2) is 24.2 Å². The van der Waals surface area contributed by atoms with E-state index in [1.54, 1.807) is 0 Å². The standard InChI is InChI=1S/C13H14FNO2/c1-2-7-15-13(17)12-9-11(14)6-5-10(12)4-3-8-16/h5-6,9,16H,2,7-8H2,1H3,(H,15,17). The van der Waals surface area contributed by atoms with Gasteiger partial charge in [-0.25, -0.2) is 4.39 Å². The lowest BCUT2D eigenvalue weighted by molar-refractivity contribution is 0.0953. The fourth-order valence-corrected chi connectivity index (χ4v) is 1.28. The van der Waals surface area contributed by atoms with Gasteiger partial charge in [-0.05, 0) is 24.6 Å². The quantitative estimate of drug-likeness (QED) is 0.776. The Bertz CT molecular complexity index is 460. The van der Waals surface area contributed by atoms with E-state index in [0.717, 1.165) is 12.5 Å². The van der Waals surface area contributed by atoms with Crippen molar-refractivity contribution < 1.29 is 14.3 Å². The molecule has 0 aromatic heterocycles. The second-order valence-electron chi connectivity index (χ2n) is 3.41. The molecule has 4 heteroatoms. The number of hydrogen-bond acceptors (Lipinski definition) is 2. The van der Waals surface area contributed by atoms with Crippen molar-refractivity contribution in [2.24, 2.45) is 0 Å². The fourth-order valence-electron chi connectivity index (χ4n) is 1.28. The maximum atomic E-state index is 13.1. The monoisotopic (exact) mass is 235 g/mol. The van der Waals surface area contributed by atoms with Crippen molar-refractivity contribution in [3.63, 3.8) is 0 Å². The van der Waals surface area contributed by atoms with Crippen LogP contribution >= 0.6 is 0 Å². The van der Waals surface area contributed by atoms with Gasteiger partial charge in [0.2, 0.25) is 0 Å². The number of hydrogen-bond donors (Lipinski definition) is 2. The summed E-state index contributed by atoms with van der Waals surface area (Å²) in [6, 6.07) is 3.81. The van der Waals surface area contributed by atoms with Gasteiger partial charge in [0.05, 0.1) is 5.56 Å². The molecular weight excluding hydrogens is 221 g/mol. The highest BCUT2D eigenvalue weighted by Crippen LogP contribution is 2.10. The first-order chi connectivity index (χ1) is 8.19. The van der Waals surface area contributed by atoms with Gasteiger partial charge in [0.15, 0.2) is 0 Å². The first-order valence-corrected chi connectivity index (χ1v) is 5.36. The van der Waals surface area contributed by atoms with Gasteiger partial charge in [-0.2, -0.15) is 0 Å². The van der Waals surface area contributed by atoms with Gasteiger partial charge in [-0.3, -0.25) is 4.79 Å². The van der Waals surface area contributed by atoms with E-state index in [1.165, 1.54) is 12.1 Å². The van der Waals surface area contributed by atoms with Crippen LogP contribution in [0.4, 0.5) is 4.39 Å². The van der Waals surface area contributed by atoms with Crippen molar-refractivity contribution >= 4 is 5.91 Å². The van der Waals surface area contributed by atoms with E-state index in [0.29, 0.717) is 12.1 Å². The lowest BCUT2D eigenvalue weighted by Crippen LogP contribution is -2.25. The number of carbonyl (C=O) groups excluding carboxylic acids is 1. The molecule has 90 valence electrons. The Kier molecular flexibility index (Phi) is 5.18. The molecule has 2 N–H and O–H groups in total. The minimum atomic E-state index is -0.485. The lowest BCUT2D eigenvalue weighted by atomic mass is 10.1. The van der Waals surface area contributed by atoms with E-state index in [-0.39, 0.29) is 18.1 Å². The lowest BCUT2D eigenvalue weighted by Gasteiger charge is -2.05. The SMILES string of the molecule is CCCNC(=O)c1cc(F)ccc1C#CCO. The van der Waals surface area contributed by atoms with Crippen LogP contribution in [0.1, 0.15) is 29.3 Å². The molecule has 0 saturated heterocycles. The van der Waals surface area contributed by atoms with E-state index < -0.39 is 5.82 Å². The Hall–Kier alpha value is -1.86. The molecule has 0 aliphatic rings. The molecule has 1 amide bonds. The zero-order chi connectivity index (χ0) is 12.7. The van der Waals surface area contributed by atoms with Crippen LogP contribution in [0.15, 0.2) is 18.2 Å². The molecule has 0 bridgehead atoms. The van der Waals surface area contributed by atoms with Gasteiger partial charge in [0, 0.05) is 12.1 Å². The number of halogens is 1. The summed E-state index contributed by atoms with van der Waals surface area (Å²) < 4.78 is 13.1. The molecule has 1 aromatic rings. The number of carbonyl (C=O) groups is 1. The highest BCUT2D eigenvalue weighted by Gasteiger charge is 2.10. The van der Waals surface area contributed by atoms with Gasteiger partial charge in [0.1, 0.15) is 12.4 Å². The minimum Gasteiger partial charge on any atom is -0.384 e. The molecule has 0 radical (unpaired) electrons. The summed E-state index contributed by atoms with van der Waals surface area (Å²) in [4.78, 5) is 11.7. The van der Waals surface area contributed by atoms with Crippen molar-refractivity contribution in [3.8, 4) is 11.8 Å². The number of aliphatic hydroxyl groups is 1. The van der Waals surface area contributed by atoms with Crippen LogP contribution in [0.3, 0.4) is 0 Å². The van der Waals surface area contributed by atoms with Crippen LogP contribution in [0.25, 0.3) is 0 Å². The van der Waals surface area contributed by atoms with Gasteiger partial charge < -0.3 is 10.4 Å². The van der Waals surface area contributed by atoms with E-state index in [4.69, 9.17) is 5.11 Å². The summed E-state index contributed by atoms with van der Waals surface area (Å²) in [5.41, 5.74) is 0.605. The number of amides is 1. The summed E-state index contributed by atoms with van der Waals surface area (Å²) in [6.45, 7) is 2.16. The third-order valence-corrected chi connectivity index (χ3v) is 2.06. The third kappa shape index (κ3) is 3.89. The molecule has 17 heavy (non-hydrogen) atoms. The van der Waals surface area contributed by atoms with Crippen LogP contribution in [0, 0.1) is 17.7 Å². The molecular formula is C13H14FNO2. The highest BCUT2D eigenvalue weighted by molar-refractivity contribution is 5.96. The van der Waals surface area contributed by atoms with Crippen molar-refractivity contribution in [1.29, 1.82) is 0 Å². The van der Waals surface area contributed by atoms with Crippen LogP contribution in [0.5, 0.6) is 0 Å². The normalized spacial score (nSPS) is 9.35. The summed E-state index contributed by atoms with van der Waals surface area (Å²) >= 11 is 0. The van der Waals surface area contributed by atoms with E-state index >= 15 is 0 Å². The second-order valence-corrected chi connectivity index (χ2v) is 3.41. The molecule has 0 spiro atoms. The first-order valence-electron chi connectivity index (χ1n) is 5.36. The Morgan fingerprint density at radius 1 is 1.53 bits per heavy atom. The Morgan fingerprint density at radius 2 is 2.29 bits per heavy atom. The molecule has 0 fully saturated rings. The van der Waals surface area contributed by atoms with Gasteiger partial charge in [-0.1, -0.05) is 18.8 Å². The van der Waals surface area contributed by atoms with Gasteiger partial charge >= 0.3 is 0 Å². The fraction of sp³-hybridized carbons (Fsp3) is 0.308. The van der Waals surface area contributed by atoms with E-state index in [1.807, 2.05) is 6.92 Å². The Labute approximate surface area is 99.7 Å². The summed E-state index contributed by atoms with van der Waals surface area (Å²) in [6.07, 6.45) is 0.804.